The highest BCUT2D eigenvalue weighted by atomic mass is 16.1. The summed E-state index contributed by atoms with van der Waals surface area (Å²) in [5.74, 6) is 0.836. The summed E-state index contributed by atoms with van der Waals surface area (Å²) in [7, 11) is 1.98. The van der Waals surface area contributed by atoms with Gasteiger partial charge in [-0.1, -0.05) is 18.6 Å². The van der Waals surface area contributed by atoms with Crippen molar-refractivity contribution in [3.8, 4) is 0 Å². The van der Waals surface area contributed by atoms with Crippen molar-refractivity contribution < 1.29 is 9.59 Å². The first-order valence-corrected chi connectivity index (χ1v) is 7.69. The molecular weight excluding hydrogens is 264 g/mol. The third-order valence-corrected chi connectivity index (χ3v) is 4.18. The largest absolute Gasteiger partial charge is 0.374 e. The van der Waals surface area contributed by atoms with Crippen molar-refractivity contribution in [1.29, 1.82) is 0 Å². The summed E-state index contributed by atoms with van der Waals surface area (Å²) >= 11 is 0. The molecular formula is C17H24N2O2. The van der Waals surface area contributed by atoms with E-state index in [1.807, 2.05) is 31.3 Å². The van der Waals surface area contributed by atoms with Gasteiger partial charge in [-0.2, -0.15) is 0 Å². The molecule has 1 aliphatic rings. The summed E-state index contributed by atoms with van der Waals surface area (Å²) in [6.07, 6.45) is 5.70. The Morgan fingerprint density at radius 1 is 1.33 bits per heavy atom. The van der Waals surface area contributed by atoms with E-state index >= 15 is 0 Å². The summed E-state index contributed by atoms with van der Waals surface area (Å²) in [5, 5.41) is 3.01. The van der Waals surface area contributed by atoms with Crippen LogP contribution in [0.2, 0.25) is 0 Å². The first-order chi connectivity index (χ1) is 10.2. The van der Waals surface area contributed by atoms with Crippen molar-refractivity contribution in [3.63, 3.8) is 0 Å². The summed E-state index contributed by atoms with van der Waals surface area (Å²) in [6.45, 7) is 1.53. The number of aldehydes is 1. The molecule has 4 heteroatoms. The number of carbonyl (C=O) groups is 2. The van der Waals surface area contributed by atoms with Crippen LogP contribution in [0.1, 0.15) is 31.2 Å². The van der Waals surface area contributed by atoms with Gasteiger partial charge in [0, 0.05) is 38.7 Å². The SMILES string of the molecule is CN(CCC(=O)NCC1CCC1)c1ccc(CC=O)cc1. The minimum Gasteiger partial charge on any atom is -0.374 e. The monoisotopic (exact) mass is 288 g/mol. The van der Waals surface area contributed by atoms with Crippen LogP contribution >= 0.6 is 0 Å². The highest BCUT2D eigenvalue weighted by Gasteiger charge is 2.17. The summed E-state index contributed by atoms with van der Waals surface area (Å²) in [6, 6.07) is 7.89. The average Bonchev–Trinajstić information content (AvgIpc) is 2.44. The third kappa shape index (κ3) is 4.88. The number of benzene rings is 1. The average molecular weight is 288 g/mol. The molecule has 1 amide bonds. The predicted octanol–water partition coefficient (Wildman–Crippen LogP) is 2.17. The maximum absolute atomic E-state index is 11.8. The molecule has 0 spiro atoms. The van der Waals surface area contributed by atoms with Crippen LogP contribution in [-0.2, 0) is 16.0 Å². The highest BCUT2D eigenvalue weighted by Crippen LogP contribution is 2.25. The lowest BCUT2D eigenvalue weighted by molar-refractivity contribution is -0.121. The number of amides is 1. The number of anilines is 1. The molecule has 0 atom stereocenters. The van der Waals surface area contributed by atoms with E-state index in [1.54, 1.807) is 0 Å². The van der Waals surface area contributed by atoms with Gasteiger partial charge in [-0.25, -0.2) is 0 Å². The topological polar surface area (TPSA) is 49.4 Å². The van der Waals surface area contributed by atoms with E-state index in [4.69, 9.17) is 0 Å². The number of carbonyl (C=O) groups excluding carboxylic acids is 2. The second-order valence-electron chi connectivity index (χ2n) is 5.81. The van der Waals surface area contributed by atoms with Crippen LogP contribution in [0.4, 0.5) is 5.69 Å². The molecule has 1 aromatic rings. The Labute approximate surface area is 126 Å². The molecule has 21 heavy (non-hydrogen) atoms. The number of nitrogens with one attached hydrogen (secondary N) is 1. The molecule has 114 valence electrons. The highest BCUT2D eigenvalue weighted by molar-refractivity contribution is 5.76. The first-order valence-electron chi connectivity index (χ1n) is 7.69. The van der Waals surface area contributed by atoms with Crippen LogP contribution in [0, 0.1) is 5.92 Å². The second kappa shape index (κ2) is 7.81. The smallest absolute Gasteiger partial charge is 0.221 e. The Morgan fingerprint density at radius 3 is 2.62 bits per heavy atom. The van der Waals surface area contributed by atoms with Gasteiger partial charge in [0.15, 0.2) is 0 Å². The molecule has 0 radical (unpaired) electrons. The van der Waals surface area contributed by atoms with Crippen LogP contribution in [-0.4, -0.2) is 32.3 Å². The normalized spacial score (nSPS) is 14.3. The lowest BCUT2D eigenvalue weighted by atomic mass is 9.85. The molecule has 0 heterocycles. The molecule has 1 fully saturated rings. The Balaban J connectivity index is 1.71. The van der Waals surface area contributed by atoms with E-state index < -0.39 is 0 Å². The number of hydrogen-bond donors (Lipinski definition) is 1. The zero-order valence-electron chi connectivity index (χ0n) is 12.7. The van der Waals surface area contributed by atoms with Crippen molar-refractivity contribution in [2.24, 2.45) is 5.92 Å². The molecule has 1 aliphatic carbocycles. The third-order valence-electron chi connectivity index (χ3n) is 4.18. The minimum atomic E-state index is 0.131. The van der Waals surface area contributed by atoms with Crippen molar-refractivity contribution in [3.05, 3.63) is 29.8 Å². The Kier molecular flexibility index (Phi) is 5.78. The van der Waals surface area contributed by atoms with Gasteiger partial charge in [-0.15, -0.1) is 0 Å². The molecule has 2 rings (SSSR count). The Hall–Kier alpha value is -1.84. The van der Waals surface area contributed by atoms with E-state index in [0.29, 0.717) is 25.3 Å². The lowest BCUT2D eigenvalue weighted by Crippen LogP contribution is -2.34. The molecule has 0 bridgehead atoms. The van der Waals surface area contributed by atoms with E-state index in [9.17, 15) is 9.59 Å². The summed E-state index contributed by atoms with van der Waals surface area (Å²) in [4.78, 5) is 24.3. The molecule has 0 unspecified atom stereocenters. The molecule has 1 saturated carbocycles. The molecule has 1 aromatic carbocycles. The second-order valence-corrected chi connectivity index (χ2v) is 5.81. The van der Waals surface area contributed by atoms with Gasteiger partial charge in [-0.05, 0) is 36.5 Å². The Bertz CT molecular complexity index is 466. The van der Waals surface area contributed by atoms with Crippen LogP contribution in [0.25, 0.3) is 0 Å². The van der Waals surface area contributed by atoms with Crippen molar-refractivity contribution in [1.82, 2.24) is 5.32 Å². The van der Waals surface area contributed by atoms with Crippen molar-refractivity contribution in [2.45, 2.75) is 32.1 Å². The molecule has 0 aromatic heterocycles. The number of hydrogen-bond acceptors (Lipinski definition) is 3. The predicted molar refractivity (Wildman–Crippen MR) is 84.4 cm³/mol. The molecule has 0 aliphatic heterocycles. The van der Waals surface area contributed by atoms with Crippen molar-refractivity contribution >= 4 is 17.9 Å². The van der Waals surface area contributed by atoms with E-state index in [-0.39, 0.29) is 5.91 Å². The van der Waals surface area contributed by atoms with Crippen molar-refractivity contribution in [2.75, 3.05) is 25.0 Å². The maximum atomic E-state index is 11.8. The van der Waals surface area contributed by atoms with Crippen LogP contribution in [0.15, 0.2) is 24.3 Å². The van der Waals surface area contributed by atoms with Gasteiger partial charge in [-0.3, -0.25) is 4.79 Å². The summed E-state index contributed by atoms with van der Waals surface area (Å²) in [5.41, 5.74) is 2.08. The lowest BCUT2D eigenvalue weighted by Gasteiger charge is -2.25. The fourth-order valence-corrected chi connectivity index (χ4v) is 2.42. The number of rotatable bonds is 8. The van der Waals surface area contributed by atoms with E-state index in [2.05, 4.69) is 10.2 Å². The molecule has 4 nitrogen and oxygen atoms in total. The van der Waals surface area contributed by atoms with Crippen LogP contribution < -0.4 is 10.2 Å². The van der Waals surface area contributed by atoms with Gasteiger partial charge in [0.1, 0.15) is 6.29 Å². The van der Waals surface area contributed by atoms with Gasteiger partial charge < -0.3 is 15.0 Å². The minimum absolute atomic E-state index is 0.131. The van der Waals surface area contributed by atoms with Gasteiger partial charge in [0.25, 0.3) is 0 Å². The van der Waals surface area contributed by atoms with E-state index in [1.165, 1.54) is 19.3 Å². The van der Waals surface area contributed by atoms with Gasteiger partial charge in [0.05, 0.1) is 0 Å². The summed E-state index contributed by atoms with van der Waals surface area (Å²) < 4.78 is 0. The van der Waals surface area contributed by atoms with E-state index in [0.717, 1.165) is 24.1 Å². The molecule has 0 saturated heterocycles. The van der Waals surface area contributed by atoms with Gasteiger partial charge >= 0.3 is 0 Å². The first kappa shape index (κ1) is 15.5. The van der Waals surface area contributed by atoms with Crippen LogP contribution in [0.5, 0.6) is 0 Å². The van der Waals surface area contributed by atoms with Gasteiger partial charge in [0.2, 0.25) is 5.91 Å². The maximum Gasteiger partial charge on any atom is 0.221 e. The Morgan fingerprint density at radius 2 is 2.05 bits per heavy atom. The zero-order chi connectivity index (χ0) is 15.1. The van der Waals surface area contributed by atoms with Crippen LogP contribution in [0.3, 0.4) is 0 Å². The standard InChI is InChI=1S/C17H24N2O2/c1-19(16-7-5-14(6-8-16)10-12-20)11-9-17(21)18-13-15-3-2-4-15/h5-8,12,15H,2-4,9-11,13H2,1H3,(H,18,21). The molecule has 1 N–H and O–H groups in total. The quantitative estimate of drug-likeness (QED) is 0.746. The number of nitrogens with zero attached hydrogens (tertiary/aromatic N) is 1. The fraction of sp³-hybridized carbons (Fsp3) is 0.529. The zero-order valence-corrected chi connectivity index (χ0v) is 12.7. The fourth-order valence-electron chi connectivity index (χ4n) is 2.42.